The van der Waals surface area contributed by atoms with E-state index in [2.05, 4.69) is 0 Å². The van der Waals surface area contributed by atoms with Gasteiger partial charge in [0.1, 0.15) is 11.3 Å². The zero-order valence-corrected chi connectivity index (χ0v) is 20.8. The Morgan fingerprint density at radius 2 is 1.83 bits per heavy atom. The quantitative estimate of drug-likeness (QED) is 0.226. The minimum atomic E-state index is -4.42. The summed E-state index contributed by atoms with van der Waals surface area (Å²) in [6.07, 6.45) is 3.61. The van der Waals surface area contributed by atoms with Crippen LogP contribution in [0.2, 0.25) is 5.02 Å². The summed E-state index contributed by atoms with van der Waals surface area (Å²) in [6, 6.07) is 14.0. The summed E-state index contributed by atoms with van der Waals surface area (Å²) in [5.74, 6) is -0.0378. The van der Waals surface area contributed by atoms with E-state index in [1.54, 1.807) is 19.1 Å². The number of carbonyl (C=O) groups excluding carboxylic acids is 1. The maximum absolute atomic E-state index is 13.9. The fourth-order valence-electron chi connectivity index (χ4n) is 4.49. The van der Waals surface area contributed by atoms with Gasteiger partial charge in [-0.3, -0.25) is 14.9 Å². The topological polar surface area (TPSA) is 111 Å². The molecule has 4 aromatic rings. The van der Waals surface area contributed by atoms with Gasteiger partial charge in [0.25, 0.3) is 21.6 Å². The lowest BCUT2D eigenvalue weighted by Crippen LogP contribution is -2.37. The number of sulfonamides is 1. The summed E-state index contributed by atoms with van der Waals surface area (Å²) in [4.78, 5) is 24.3. The number of benzene rings is 3. The molecule has 3 aromatic carbocycles. The van der Waals surface area contributed by atoms with E-state index < -0.39 is 20.9 Å². The van der Waals surface area contributed by atoms with Gasteiger partial charge in [-0.2, -0.15) is 4.31 Å². The second-order valence-corrected chi connectivity index (χ2v) is 10.9. The normalized spacial score (nSPS) is 13.4. The number of amides is 1. The van der Waals surface area contributed by atoms with Crippen LogP contribution in [0.15, 0.2) is 70.0 Å². The number of nitrogens with zero attached hydrogens (tertiary/aromatic N) is 2. The van der Waals surface area contributed by atoms with E-state index >= 15 is 0 Å². The molecule has 0 aliphatic heterocycles. The molecule has 0 saturated heterocycles. The van der Waals surface area contributed by atoms with Gasteiger partial charge in [0, 0.05) is 40.1 Å². The van der Waals surface area contributed by atoms with Crippen molar-refractivity contribution in [2.75, 3.05) is 4.31 Å². The minimum Gasteiger partial charge on any atom is -0.461 e. The molecular weight excluding hydrogens is 504 g/mol. The number of hydrogen-bond acceptors (Lipinski definition) is 6. The predicted molar refractivity (Wildman–Crippen MR) is 136 cm³/mol. The first-order valence-electron chi connectivity index (χ1n) is 11.3. The van der Waals surface area contributed by atoms with Gasteiger partial charge in [0.05, 0.1) is 15.5 Å². The number of nitro groups is 1. The third-order valence-electron chi connectivity index (χ3n) is 6.33. The molecule has 36 heavy (non-hydrogen) atoms. The van der Waals surface area contributed by atoms with Gasteiger partial charge in [-0.1, -0.05) is 17.7 Å². The van der Waals surface area contributed by atoms with Crippen LogP contribution in [-0.2, 0) is 22.9 Å². The van der Waals surface area contributed by atoms with Crippen LogP contribution in [0.25, 0.3) is 11.0 Å². The molecular formula is C26H21ClN2O6S. The van der Waals surface area contributed by atoms with Crippen LogP contribution in [0.3, 0.4) is 0 Å². The van der Waals surface area contributed by atoms with Crippen molar-refractivity contribution in [3.05, 3.63) is 98.3 Å². The average Bonchev–Trinajstić information content (AvgIpc) is 3.23. The smallest absolute Gasteiger partial charge is 0.272 e. The number of non-ortho nitro benzene ring substituents is 1. The van der Waals surface area contributed by atoms with E-state index in [0.717, 1.165) is 48.5 Å². The molecule has 1 aliphatic carbocycles. The number of anilines is 1. The maximum Gasteiger partial charge on any atom is 0.272 e. The number of furan rings is 1. The Morgan fingerprint density at radius 3 is 2.58 bits per heavy atom. The molecule has 0 spiro atoms. The first kappa shape index (κ1) is 24.0. The van der Waals surface area contributed by atoms with Crippen molar-refractivity contribution < 1.29 is 22.6 Å². The molecule has 5 rings (SSSR count). The summed E-state index contributed by atoms with van der Waals surface area (Å²) in [5, 5.41) is 12.4. The molecule has 0 unspecified atom stereocenters. The molecule has 0 fully saturated rings. The van der Waals surface area contributed by atoms with Crippen LogP contribution >= 0.6 is 11.6 Å². The van der Waals surface area contributed by atoms with Gasteiger partial charge in [0.15, 0.2) is 0 Å². The highest BCUT2D eigenvalue weighted by molar-refractivity contribution is 7.93. The van der Waals surface area contributed by atoms with Crippen molar-refractivity contribution in [1.29, 1.82) is 0 Å². The minimum absolute atomic E-state index is 0.112. The van der Waals surface area contributed by atoms with Gasteiger partial charge < -0.3 is 4.42 Å². The molecule has 0 saturated carbocycles. The third kappa shape index (κ3) is 4.14. The number of fused-ring (bicyclic) bond motifs is 3. The monoisotopic (exact) mass is 524 g/mol. The van der Waals surface area contributed by atoms with E-state index in [-0.39, 0.29) is 21.8 Å². The van der Waals surface area contributed by atoms with Gasteiger partial charge in [0.2, 0.25) is 0 Å². The molecule has 0 N–H and O–H groups in total. The standard InChI is InChI=1S/C26H21ClN2O6S/c1-16-13-20(10-11-23(16)27)36(33,34)28(26(30)17-5-4-6-19(14-17)29(31)32)18-9-12-25-22(15-18)21-7-2-3-8-24(21)35-25/h4-6,9-15H,2-3,7-8H2,1H3. The number of rotatable bonds is 5. The van der Waals surface area contributed by atoms with Crippen molar-refractivity contribution in [3.63, 3.8) is 0 Å². The molecule has 1 aliphatic rings. The van der Waals surface area contributed by atoms with Crippen molar-refractivity contribution in [1.82, 2.24) is 0 Å². The van der Waals surface area contributed by atoms with Gasteiger partial charge in [-0.15, -0.1) is 0 Å². The number of hydrogen-bond donors (Lipinski definition) is 0. The Labute approximate surface area is 212 Å². The van der Waals surface area contributed by atoms with E-state index in [1.165, 1.54) is 42.5 Å². The largest absolute Gasteiger partial charge is 0.461 e. The van der Waals surface area contributed by atoms with Crippen molar-refractivity contribution >= 4 is 49.9 Å². The average molecular weight is 525 g/mol. The van der Waals surface area contributed by atoms with E-state index in [1.807, 2.05) is 0 Å². The Kier molecular flexibility index (Phi) is 6.05. The lowest BCUT2D eigenvalue weighted by atomic mass is 9.96. The van der Waals surface area contributed by atoms with Crippen LogP contribution in [0, 0.1) is 17.0 Å². The lowest BCUT2D eigenvalue weighted by molar-refractivity contribution is -0.384. The molecule has 0 bridgehead atoms. The fourth-order valence-corrected chi connectivity index (χ4v) is 6.10. The van der Waals surface area contributed by atoms with Crippen molar-refractivity contribution in [2.24, 2.45) is 0 Å². The highest BCUT2D eigenvalue weighted by atomic mass is 35.5. The molecule has 10 heteroatoms. The molecule has 1 aromatic heterocycles. The Morgan fingerprint density at radius 1 is 1.06 bits per heavy atom. The number of aryl methyl sites for hydroxylation is 3. The van der Waals surface area contributed by atoms with Crippen LogP contribution in [-0.4, -0.2) is 19.2 Å². The molecule has 1 amide bonds. The van der Waals surface area contributed by atoms with Crippen LogP contribution < -0.4 is 4.31 Å². The molecule has 0 radical (unpaired) electrons. The first-order valence-corrected chi connectivity index (χ1v) is 13.1. The predicted octanol–water partition coefficient (Wildman–Crippen LogP) is 6.22. The van der Waals surface area contributed by atoms with E-state index in [4.69, 9.17) is 16.0 Å². The Bertz CT molecular complexity index is 1640. The summed E-state index contributed by atoms with van der Waals surface area (Å²) < 4.78 is 34.5. The highest BCUT2D eigenvalue weighted by Gasteiger charge is 2.33. The second-order valence-electron chi connectivity index (χ2n) is 8.68. The number of carbonyl (C=O) groups is 1. The zero-order valence-electron chi connectivity index (χ0n) is 19.2. The summed E-state index contributed by atoms with van der Waals surface area (Å²) in [7, 11) is -4.42. The summed E-state index contributed by atoms with van der Waals surface area (Å²) in [5.41, 5.74) is 1.82. The fraction of sp³-hybridized carbons (Fsp3) is 0.192. The molecule has 8 nitrogen and oxygen atoms in total. The maximum atomic E-state index is 13.9. The number of nitro benzene ring substituents is 1. The van der Waals surface area contributed by atoms with E-state index in [0.29, 0.717) is 20.5 Å². The lowest BCUT2D eigenvalue weighted by Gasteiger charge is -2.23. The van der Waals surface area contributed by atoms with Crippen LogP contribution in [0.5, 0.6) is 0 Å². The molecule has 184 valence electrons. The first-order chi connectivity index (χ1) is 17.2. The Hall–Kier alpha value is -3.69. The van der Waals surface area contributed by atoms with Crippen molar-refractivity contribution in [2.45, 2.75) is 37.5 Å². The van der Waals surface area contributed by atoms with Crippen molar-refractivity contribution in [3.8, 4) is 0 Å². The SMILES string of the molecule is Cc1cc(S(=O)(=O)N(C(=O)c2cccc([N+](=O)[O-])c2)c2ccc3oc4c(c3c2)CCCC4)ccc1Cl. The third-order valence-corrected chi connectivity index (χ3v) is 8.46. The van der Waals surface area contributed by atoms with Gasteiger partial charge >= 0.3 is 0 Å². The van der Waals surface area contributed by atoms with Gasteiger partial charge in [-0.25, -0.2) is 8.42 Å². The summed E-state index contributed by atoms with van der Waals surface area (Å²) >= 11 is 6.10. The molecule has 0 atom stereocenters. The second kappa shape index (κ2) is 9.07. The number of halogens is 1. The van der Waals surface area contributed by atoms with Crippen LogP contribution in [0.1, 0.15) is 40.1 Å². The van der Waals surface area contributed by atoms with Crippen LogP contribution in [0.4, 0.5) is 11.4 Å². The van der Waals surface area contributed by atoms with Gasteiger partial charge in [-0.05, 0) is 74.2 Å². The molecule has 1 heterocycles. The highest BCUT2D eigenvalue weighted by Crippen LogP contribution is 2.36. The zero-order chi connectivity index (χ0) is 25.6. The van der Waals surface area contributed by atoms with E-state index in [9.17, 15) is 23.3 Å². The summed E-state index contributed by atoms with van der Waals surface area (Å²) in [6.45, 7) is 1.66. The Balaban J connectivity index is 1.71.